The van der Waals surface area contributed by atoms with Crippen molar-refractivity contribution in [2.45, 2.75) is 18.4 Å². The first-order chi connectivity index (χ1) is 22.4. The molecule has 2 amide bonds. The van der Waals surface area contributed by atoms with Gasteiger partial charge in [-0.2, -0.15) is 0 Å². The molecule has 1 fully saturated rings. The van der Waals surface area contributed by atoms with Gasteiger partial charge >= 0.3 is 0 Å². The fourth-order valence-electron chi connectivity index (χ4n) is 5.78. The first-order valence-corrected chi connectivity index (χ1v) is 16.6. The second-order valence-electron chi connectivity index (χ2n) is 11.4. The summed E-state index contributed by atoms with van der Waals surface area (Å²) >= 11 is 0. The van der Waals surface area contributed by atoms with E-state index in [9.17, 15) is 31.9 Å². The van der Waals surface area contributed by atoms with E-state index in [1.807, 2.05) is 0 Å². The standard InChI is InChI=1S/C35H31F2N3O6S/c1-38-34(43)31-28-19-27(22-4-3-5-23(18-22)33(42)39-35(14-15-35)24-8-12-26(37)13-9-24)29(40(16-17-41)47(2,44)45)20-30(28)46-32(31)21-6-10-25(36)11-7-21/h3-13,18-20,41H,14-17H2,1-2H3,(H,38,43)(H,39,42). The van der Waals surface area contributed by atoms with Crippen LogP contribution in [0.5, 0.6) is 0 Å². The molecule has 242 valence electrons. The molecule has 0 aliphatic heterocycles. The Bertz CT molecular complexity index is 2110. The number of furan rings is 1. The van der Waals surface area contributed by atoms with E-state index in [0.29, 0.717) is 40.5 Å². The maximum Gasteiger partial charge on any atom is 0.255 e. The summed E-state index contributed by atoms with van der Waals surface area (Å²) in [5.74, 6) is -1.56. The van der Waals surface area contributed by atoms with Crippen LogP contribution in [0.1, 0.15) is 39.1 Å². The lowest BCUT2D eigenvalue weighted by molar-refractivity contribution is 0.0929. The molecule has 5 aromatic rings. The van der Waals surface area contributed by atoms with E-state index in [0.717, 1.165) is 16.1 Å². The first kappa shape index (κ1) is 31.9. The third-order valence-corrected chi connectivity index (χ3v) is 9.45. The number of amides is 2. The molecule has 3 N–H and O–H groups in total. The third-order valence-electron chi connectivity index (χ3n) is 8.27. The zero-order valence-corrected chi connectivity index (χ0v) is 26.3. The molecule has 9 nitrogen and oxygen atoms in total. The van der Waals surface area contributed by atoms with E-state index < -0.39 is 33.9 Å². The number of benzene rings is 4. The van der Waals surface area contributed by atoms with Crippen molar-refractivity contribution >= 4 is 38.5 Å². The predicted molar refractivity (Wildman–Crippen MR) is 174 cm³/mol. The Morgan fingerprint density at radius 2 is 1.57 bits per heavy atom. The second-order valence-corrected chi connectivity index (χ2v) is 13.3. The number of carbonyl (C=O) groups is 2. The van der Waals surface area contributed by atoms with Crippen molar-refractivity contribution in [1.29, 1.82) is 0 Å². The largest absolute Gasteiger partial charge is 0.455 e. The number of nitrogens with one attached hydrogen (secondary N) is 2. The van der Waals surface area contributed by atoms with E-state index in [4.69, 9.17) is 4.42 Å². The summed E-state index contributed by atoms with van der Waals surface area (Å²) in [5, 5.41) is 15.8. The average Bonchev–Trinajstić information content (AvgIpc) is 3.74. The molecule has 0 unspecified atom stereocenters. The normalized spacial score (nSPS) is 13.7. The van der Waals surface area contributed by atoms with E-state index in [2.05, 4.69) is 10.6 Å². The van der Waals surface area contributed by atoms with Gasteiger partial charge < -0.3 is 20.2 Å². The summed E-state index contributed by atoms with van der Waals surface area (Å²) in [5.41, 5.74) is 2.18. The highest BCUT2D eigenvalue weighted by Gasteiger charge is 2.45. The Balaban J connectivity index is 1.51. The number of halogens is 2. The lowest BCUT2D eigenvalue weighted by Gasteiger charge is -2.24. The average molecular weight is 660 g/mol. The van der Waals surface area contributed by atoms with Gasteiger partial charge in [-0.25, -0.2) is 17.2 Å². The maximum atomic E-state index is 13.7. The highest BCUT2D eigenvalue weighted by atomic mass is 32.2. The van der Waals surface area contributed by atoms with Gasteiger partial charge in [-0.05, 0) is 78.6 Å². The van der Waals surface area contributed by atoms with Gasteiger partial charge in [0.1, 0.15) is 23.0 Å². The van der Waals surface area contributed by atoms with Crippen molar-refractivity contribution in [1.82, 2.24) is 10.6 Å². The van der Waals surface area contributed by atoms with Crippen LogP contribution in [-0.2, 0) is 15.6 Å². The van der Waals surface area contributed by atoms with Crippen molar-refractivity contribution in [3.05, 3.63) is 113 Å². The Kier molecular flexibility index (Phi) is 8.33. The molecule has 1 heterocycles. The number of carbonyl (C=O) groups excluding carboxylic acids is 2. The first-order valence-electron chi connectivity index (χ1n) is 14.8. The smallest absolute Gasteiger partial charge is 0.255 e. The molecule has 1 aliphatic rings. The molecule has 4 aromatic carbocycles. The van der Waals surface area contributed by atoms with Gasteiger partial charge in [0, 0.05) is 35.2 Å². The number of anilines is 1. The molecular formula is C35H31F2N3O6S. The van der Waals surface area contributed by atoms with E-state index in [1.165, 1.54) is 49.5 Å². The highest BCUT2D eigenvalue weighted by Crippen LogP contribution is 2.46. The zero-order valence-electron chi connectivity index (χ0n) is 25.5. The SMILES string of the molecule is CNC(=O)c1c(-c2ccc(F)cc2)oc2cc(N(CCO)S(C)(=O)=O)c(-c3cccc(C(=O)NC4(c5ccc(F)cc5)CC4)c3)cc12. The summed E-state index contributed by atoms with van der Waals surface area (Å²) in [6.45, 7) is -0.757. The molecule has 0 atom stereocenters. The number of fused-ring (bicyclic) bond motifs is 1. The van der Waals surface area contributed by atoms with Gasteiger partial charge in [0.15, 0.2) is 0 Å². The van der Waals surface area contributed by atoms with Crippen LogP contribution in [0, 0.1) is 11.6 Å². The van der Waals surface area contributed by atoms with E-state index >= 15 is 0 Å². The monoisotopic (exact) mass is 659 g/mol. The summed E-state index contributed by atoms with van der Waals surface area (Å²) < 4.78 is 60.5. The minimum absolute atomic E-state index is 0.152. The molecule has 0 spiro atoms. The quantitative estimate of drug-likeness (QED) is 0.180. The van der Waals surface area contributed by atoms with Gasteiger partial charge in [-0.15, -0.1) is 0 Å². The fourth-order valence-corrected chi connectivity index (χ4v) is 6.70. The number of aliphatic hydroxyl groups excluding tert-OH is 1. The van der Waals surface area contributed by atoms with Crippen molar-refractivity contribution in [2.24, 2.45) is 0 Å². The summed E-state index contributed by atoms with van der Waals surface area (Å²) in [7, 11) is -2.48. The molecule has 47 heavy (non-hydrogen) atoms. The van der Waals surface area contributed by atoms with E-state index in [-0.39, 0.29) is 40.9 Å². The molecule has 1 aromatic heterocycles. The van der Waals surface area contributed by atoms with Crippen LogP contribution < -0.4 is 14.9 Å². The van der Waals surface area contributed by atoms with E-state index in [1.54, 1.807) is 42.5 Å². The number of nitrogens with zero attached hydrogens (tertiary/aromatic N) is 1. The van der Waals surface area contributed by atoms with Gasteiger partial charge in [0.2, 0.25) is 10.0 Å². The fraction of sp³-hybridized carbons (Fsp3) is 0.200. The number of hydrogen-bond acceptors (Lipinski definition) is 6. The molecular weight excluding hydrogens is 628 g/mol. The lowest BCUT2D eigenvalue weighted by atomic mass is 9.96. The molecule has 0 bridgehead atoms. The Labute approximate surface area is 269 Å². The van der Waals surface area contributed by atoms with Gasteiger partial charge in [-0.3, -0.25) is 13.9 Å². The summed E-state index contributed by atoms with van der Waals surface area (Å²) in [6, 6.07) is 21.1. The van der Waals surface area contributed by atoms with Crippen LogP contribution >= 0.6 is 0 Å². The summed E-state index contributed by atoms with van der Waals surface area (Å²) in [4.78, 5) is 26.8. The summed E-state index contributed by atoms with van der Waals surface area (Å²) in [6.07, 6.45) is 2.39. The molecule has 1 aliphatic carbocycles. The van der Waals surface area contributed by atoms with Gasteiger partial charge in [0.25, 0.3) is 11.8 Å². The van der Waals surface area contributed by atoms with Crippen molar-refractivity contribution in [3.63, 3.8) is 0 Å². The second kappa shape index (κ2) is 12.3. The Morgan fingerprint density at radius 1 is 0.915 bits per heavy atom. The van der Waals surface area contributed by atoms with Gasteiger partial charge in [0.05, 0.1) is 36.2 Å². The lowest BCUT2D eigenvalue weighted by Crippen LogP contribution is -2.34. The van der Waals surface area contributed by atoms with Crippen LogP contribution in [0.25, 0.3) is 33.4 Å². The van der Waals surface area contributed by atoms with Crippen LogP contribution in [0.4, 0.5) is 14.5 Å². The molecule has 0 saturated heterocycles. The predicted octanol–water partition coefficient (Wildman–Crippen LogP) is 5.58. The number of aliphatic hydroxyl groups is 1. The number of rotatable bonds is 10. The molecule has 0 radical (unpaired) electrons. The minimum Gasteiger partial charge on any atom is -0.455 e. The molecule has 1 saturated carbocycles. The number of hydrogen-bond donors (Lipinski definition) is 3. The third kappa shape index (κ3) is 6.21. The van der Waals surface area contributed by atoms with Crippen molar-refractivity contribution < 1.29 is 36.3 Å². The van der Waals surface area contributed by atoms with Crippen molar-refractivity contribution in [3.8, 4) is 22.5 Å². The zero-order chi connectivity index (χ0) is 33.5. The van der Waals surface area contributed by atoms with Crippen molar-refractivity contribution in [2.75, 3.05) is 30.8 Å². The highest BCUT2D eigenvalue weighted by molar-refractivity contribution is 7.92. The topological polar surface area (TPSA) is 129 Å². The Morgan fingerprint density at radius 3 is 2.17 bits per heavy atom. The van der Waals surface area contributed by atoms with Crippen LogP contribution in [0.15, 0.2) is 89.3 Å². The van der Waals surface area contributed by atoms with Crippen LogP contribution in [0.3, 0.4) is 0 Å². The number of sulfonamides is 1. The Hall–Kier alpha value is -5.07. The van der Waals surface area contributed by atoms with Gasteiger partial charge in [-0.1, -0.05) is 24.3 Å². The van der Waals surface area contributed by atoms with Crippen LogP contribution in [0.2, 0.25) is 0 Å². The molecule has 12 heteroatoms. The molecule has 6 rings (SSSR count). The maximum absolute atomic E-state index is 13.7. The van der Waals surface area contributed by atoms with Crippen LogP contribution in [-0.4, -0.2) is 51.8 Å². The minimum atomic E-state index is -3.93.